The number of rotatable bonds is 4. The third-order valence-electron chi connectivity index (χ3n) is 4.82. The number of benzene rings is 1. The molecule has 0 N–H and O–H groups in total. The van der Waals surface area contributed by atoms with Gasteiger partial charge in [0.2, 0.25) is 0 Å². The summed E-state index contributed by atoms with van der Waals surface area (Å²) in [7, 11) is 1.39. The fraction of sp³-hybridized carbons (Fsp3) is 0.391. The van der Waals surface area contributed by atoms with Crippen LogP contribution in [-0.4, -0.2) is 30.3 Å². The molecule has 2 aromatic heterocycles. The average Bonchev–Trinajstić information content (AvgIpc) is 3.09. The number of methoxy groups -OCH3 is 1. The van der Waals surface area contributed by atoms with Crippen LogP contribution >= 0.6 is 11.3 Å². The first-order valence-corrected chi connectivity index (χ1v) is 10.6. The molecule has 0 bridgehead atoms. The molecule has 3 heterocycles. The van der Waals surface area contributed by atoms with Crippen molar-refractivity contribution in [1.29, 1.82) is 0 Å². The average molecular weight is 412 g/mol. The van der Waals surface area contributed by atoms with Crippen molar-refractivity contribution in [3.8, 4) is 16.9 Å². The van der Waals surface area contributed by atoms with E-state index in [1.165, 1.54) is 24.0 Å². The lowest BCUT2D eigenvalue weighted by atomic mass is 9.96. The number of carbonyl (C=O) groups is 1. The summed E-state index contributed by atoms with van der Waals surface area (Å²) in [4.78, 5) is 18.9. The molecule has 0 fully saturated rings. The van der Waals surface area contributed by atoms with E-state index < -0.39 is 17.7 Å². The van der Waals surface area contributed by atoms with Crippen LogP contribution in [-0.2, 0) is 20.7 Å². The molecule has 3 aromatic rings. The molecule has 0 saturated carbocycles. The van der Waals surface area contributed by atoms with Crippen LogP contribution in [0.3, 0.4) is 0 Å². The zero-order valence-corrected chi connectivity index (χ0v) is 18.0. The van der Waals surface area contributed by atoms with Crippen molar-refractivity contribution in [2.45, 2.75) is 45.3 Å². The van der Waals surface area contributed by atoms with Gasteiger partial charge in [0, 0.05) is 17.1 Å². The highest BCUT2D eigenvalue weighted by Gasteiger charge is 2.33. The number of hydrogen-bond acceptors (Lipinski definition) is 6. The van der Waals surface area contributed by atoms with Crippen molar-refractivity contribution in [3.63, 3.8) is 0 Å². The third-order valence-corrected chi connectivity index (χ3v) is 5.97. The summed E-state index contributed by atoms with van der Waals surface area (Å²) in [6.45, 7) is 6.56. The molecule has 4 rings (SSSR count). The predicted octanol–water partition coefficient (Wildman–Crippen LogP) is 5.32. The highest BCUT2D eigenvalue weighted by atomic mass is 32.1. The smallest absolute Gasteiger partial charge is 0.340 e. The monoisotopic (exact) mass is 411 g/mol. The number of aryl methyl sites for hydroxylation is 1. The Morgan fingerprint density at radius 3 is 2.86 bits per heavy atom. The van der Waals surface area contributed by atoms with E-state index in [4.69, 9.17) is 14.2 Å². The Morgan fingerprint density at radius 2 is 2.10 bits per heavy atom. The normalized spacial score (nSPS) is 14.9. The Labute approximate surface area is 174 Å². The summed E-state index contributed by atoms with van der Waals surface area (Å²) in [5, 5.41) is 1.01. The number of aromatic nitrogens is 1. The van der Waals surface area contributed by atoms with Crippen molar-refractivity contribution in [2.24, 2.45) is 0 Å². The zero-order chi connectivity index (χ0) is 20.6. The molecule has 5 nitrogen and oxygen atoms in total. The number of hydrogen-bond donors (Lipinski definition) is 0. The van der Waals surface area contributed by atoms with Crippen molar-refractivity contribution in [1.82, 2.24) is 4.98 Å². The van der Waals surface area contributed by atoms with E-state index in [0.29, 0.717) is 0 Å². The summed E-state index contributed by atoms with van der Waals surface area (Å²) in [5.74, 6) is 0.531. The molecule has 0 spiro atoms. The first-order chi connectivity index (χ1) is 13.9. The number of fused-ring (bicyclic) bond motifs is 2. The number of carbonyl (C=O) groups excluding carboxylic acids is 1. The van der Waals surface area contributed by atoms with Crippen molar-refractivity contribution in [2.75, 3.05) is 13.7 Å². The van der Waals surface area contributed by atoms with E-state index in [-0.39, 0.29) is 0 Å². The fourth-order valence-corrected chi connectivity index (χ4v) is 4.80. The molecular weight excluding hydrogens is 386 g/mol. The van der Waals surface area contributed by atoms with E-state index in [0.717, 1.165) is 51.4 Å². The van der Waals surface area contributed by atoms with Gasteiger partial charge in [-0.15, -0.1) is 11.3 Å². The Hall–Kier alpha value is -2.44. The third kappa shape index (κ3) is 4.00. The van der Waals surface area contributed by atoms with E-state index in [2.05, 4.69) is 11.1 Å². The first-order valence-electron chi connectivity index (χ1n) is 9.76. The molecule has 0 aliphatic carbocycles. The lowest BCUT2D eigenvalue weighted by molar-refractivity contribution is -0.163. The van der Waals surface area contributed by atoms with Gasteiger partial charge in [-0.2, -0.15) is 0 Å². The van der Waals surface area contributed by atoms with Crippen LogP contribution in [0.2, 0.25) is 0 Å². The summed E-state index contributed by atoms with van der Waals surface area (Å²) in [6.07, 6.45) is 2.94. The number of nitrogens with zero attached hydrogens (tertiary/aromatic N) is 1. The van der Waals surface area contributed by atoms with Crippen LogP contribution < -0.4 is 4.74 Å². The first kappa shape index (κ1) is 19.9. The molecule has 0 saturated heterocycles. The minimum Gasteiger partial charge on any atom is -0.493 e. The molecule has 1 unspecified atom stereocenters. The molecule has 152 valence electrons. The van der Waals surface area contributed by atoms with Crippen LogP contribution in [0.1, 0.15) is 43.7 Å². The van der Waals surface area contributed by atoms with Gasteiger partial charge in [0.15, 0.2) is 6.10 Å². The summed E-state index contributed by atoms with van der Waals surface area (Å²) in [5.41, 5.74) is 2.69. The van der Waals surface area contributed by atoms with Crippen LogP contribution in [0.5, 0.6) is 5.75 Å². The molecule has 0 amide bonds. The number of esters is 1. The van der Waals surface area contributed by atoms with Gasteiger partial charge in [0.25, 0.3) is 0 Å². The van der Waals surface area contributed by atoms with E-state index >= 15 is 0 Å². The Bertz CT molecular complexity index is 1050. The number of thiophene rings is 1. The summed E-state index contributed by atoms with van der Waals surface area (Å²) >= 11 is 1.48. The predicted molar refractivity (Wildman–Crippen MR) is 114 cm³/mol. The van der Waals surface area contributed by atoms with Crippen LogP contribution in [0.25, 0.3) is 21.3 Å². The van der Waals surface area contributed by atoms with Crippen molar-refractivity contribution < 1.29 is 19.0 Å². The van der Waals surface area contributed by atoms with E-state index in [1.54, 1.807) is 6.20 Å². The standard InChI is InChI=1S/C23H25NO4S/c1-23(2,3)28-19(22(25)26-4)20-18(16-8-5-11-24-21(16)29-20)15-9-10-17-14(13-15)7-6-12-27-17/h5,8-11,13,19H,6-7,12H2,1-4H3. The largest absolute Gasteiger partial charge is 0.493 e. The Morgan fingerprint density at radius 1 is 1.28 bits per heavy atom. The van der Waals surface area contributed by atoms with E-state index in [1.807, 2.05) is 45.0 Å². The molecule has 29 heavy (non-hydrogen) atoms. The van der Waals surface area contributed by atoms with Gasteiger partial charge in [-0.05, 0) is 69.0 Å². The van der Waals surface area contributed by atoms with Gasteiger partial charge < -0.3 is 14.2 Å². The lowest BCUT2D eigenvalue weighted by Crippen LogP contribution is -2.28. The maximum Gasteiger partial charge on any atom is 0.340 e. The maximum absolute atomic E-state index is 12.7. The van der Waals surface area contributed by atoms with Gasteiger partial charge in [-0.25, -0.2) is 9.78 Å². The van der Waals surface area contributed by atoms with Crippen LogP contribution in [0.4, 0.5) is 0 Å². The van der Waals surface area contributed by atoms with Crippen molar-refractivity contribution >= 4 is 27.5 Å². The summed E-state index contributed by atoms with van der Waals surface area (Å²) in [6, 6.07) is 10.2. The highest BCUT2D eigenvalue weighted by Crippen LogP contribution is 2.44. The molecule has 1 atom stereocenters. The number of ether oxygens (including phenoxy) is 3. The molecule has 0 radical (unpaired) electrons. The Kier molecular flexibility index (Phi) is 5.32. The maximum atomic E-state index is 12.7. The fourth-order valence-electron chi connectivity index (χ4n) is 3.62. The second-order valence-electron chi connectivity index (χ2n) is 8.11. The van der Waals surface area contributed by atoms with E-state index in [9.17, 15) is 4.79 Å². The zero-order valence-electron chi connectivity index (χ0n) is 17.2. The van der Waals surface area contributed by atoms with Crippen LogP contribution in [0, 0.1) is 0 Å². The topological polar surface area (TPSA) is 57.7 Å². The van der Waals surface area contributed by atoms with Gasteiger partial charge >= 0.3 is 5.97 Å². The quantitative estimate of drug-likeness (QED) is 0.544. The lowest BCUT2D eigenvalue weighted by Gasteiger charge is -2.26. The highest BCUT2D eigenvalue weighted by molar-refractivity contribution is 7.19. The minimum atomic E-state index is -0.818. The second-order valence-corrected chi connectivity index (χ2v) is 9.14. The van der Waals surface area contributed by atoms with Crippen LogP contribution in [0.15, 0.2) is 36.5 Å². The minimum absolute atomic E-state index is 0.408. The van der Waals surface area contributed by atoms with Gasteiger partial charge in [-0.3, -0.25) is 0 Å². The molecule has 1 aliphatic rings. The number of pyridine rings is 1. The van der Waals surface area contributed by atoms with Crippen molar-refractivity contribution in [3.05, 3.63) is 47.0 Å². The summed E-state index contributed by atoms with van der Waals surface area (Å²) < 4.78 is 17.0. The van der Waals surface area contributed by atoms with Gasteiger partial charge in [-0.1, -0.05) is 6.07 Å². The SMILES string of the molecule is COC(=O)C(OC(C)(C)C)c1sc2ncccc2c1-c1ccc2c(c1)CCCO2. The second kappa shape index (κ2) is 7.76. The molecule has 6 heteroatoms. The molecular formula is C23H25NO4S. The van der Waals surface area contributed by atoms with Gasteiger partial charge in [0.05, 0.1) is 24.2 Å². The van der Waals surface area contributed by atoms with Gasteiger partial charge in [0.1, 0.15) is 10.6 Å². The Balaban J connectivity index is 1.92. The molecule has 1 aliphatic heterocycles. The molecule has 1 aromatic carbocycles.